The summed E-state index contributed by atoms with van der Waals surface area (Å²) in [4.78, 5) is 39.4. The molecule has 0 fully saturated rings. The van der Waals surface area contributed by atoms with E-state index in [0.717, 1.165) is 11.1 Å². The van der Waals surface area contributed by atoms with Crippen molar-refractivity contribution in [2.75, 3.05) is 13.2 Å². The van der Waals surface area contributed by atoms with Crippen molar-refractivity contribution < 1.29 is 24.2 Å². The van der Waals surface area contributed by atoms with Crippen molar-refractivity contribution in [2.45, 2.75) is 71.4 Å². The molecule has 3 N–H and O–H groups in total. The second-order valence-electron chi connectivity index (χ2n) is 11.9. The van der Waals surface area contributed by atoms with Crippen LogP contribution in [-0.4, -0.2) is 48.2 Å². The minimum atomic E-state index is -0.655. The third kappa shape index (κ3) is 12.4. The van der Waals surface area contributed by atoms with Crippen LogP contribution in [0.15, 0.2) is 86.0 Å². The number of rotatable bonds is 18. The summed E-state index contributed by atoms with van der Waals surface area (Å²) in [6.45, 7) is 13.3. The predicted molar refractivity (Wildman–Crippen MR) is 167 cm³/mol. The number of benzene rings is 2. The summed E-state index contributed by atoms with van der Waals surface area (Å²) < 4.78 is 5.79. The zero-order valence-electron chi connectivity index (χ0n) is 25.4. The SMILES string of the molecule is C=CCC[C@H](Cc1ccccc1)C(=O)OC[C@@H](NC(=O)[C@H](CC=C)CC(=O)N[C@H](CO)Cc1ccccc1)C(C)(C)C. The van der Waals surface area contributed by atoms with E-state index < -0.39 is 23.4 Å². The first kappa shape index (κ1) is 34.5. The van der Waals surface area contributed by atoms with Crippen LogP contribution >= 0.6 is 0 Å². The molecule has 0 saturated carbocycles. The molecule has 4 atom stereocenters. The molecule has 7 heteroatoms. The van der Waals surface area contributed by atoms with E-state index in [1.165, 1.54) is 0 Å². The first-order valence-electron chi connectivity index (χ1n) is 14.7. The number of allylic oxidation sites excluding steroid dienone is 2. The van der Waals surface area contributed by atoms with Crippen LogP contribution in [-0.2, 0) is 32.0 Å². The van der Waals surface area contributed by atoms with Crippen molar-refractivity contribution in [3.05, 3.63) is 97.1 Å². The van der Waals surface area contributed by atoms with E-state index >= 15 is 0 Å². The van der Waals surface area contributed by atoms with Gasteiger partial charge in [0.1, 0.15) is 6.61 Å². The van der Waals surface area contributed by atoms with Gasteiger partial charge in [0, 0.05) is 6.42 Å². The summed E-state index contributed by atoms with van der Waals surface area (Å²) >= 11 is 0. The molecule has 0 radical (unpaired) electrons. The number of carbonyl (C=O) groups is 3. The van der Waals surface area contributed by atoms with Crippen LogP contribution in [0.1, 0.15) is 57.6 Å². The second-order valence-corrected chi connectivity index (χ2v) is 11.9. The van der Waals surface area contributed by atoms with Gasteiger partial charge in [-0.25, -0.2) is 0 Å². The number of esters is 1. The Morgan fingerprint density at radius 2 is 1.48 bits per heavy atom. The highest BCUT2D eigenvalue weighted by atomic mass is 16.5. The van der Waals surface area contributed by atoms with E-state index in [4.69, 9.17) is 4.74 Å². The molecule has 228 valence electrons. The first-order chi connectivity index (χ1) is 20.1. The smallest absolute Gasteiger partial charge is 0.309 e. The molecule has 2 rings (SSSR count). The van der Waals surface area contributed by atoms with E-state index in [9.17, 15) is 19.5 Å². The van der Waals surface area contributed by atoms with E-state index in [1.54, 1.807) is 12.2 Å². The lowest BCUT2D eigenvalue weighted by Gasteiger charge is -2.32. The largest absolute Gasteiger partial charge is 0.463 e. The Morgan fingerprint density at radius 1 is 0.881 bits per heavy atom. The molecule has 7 nitrogen and oxygen atoms in total. The molecular formula is C35H48N2O5. The molecule has 2 amide bonds. The molecule has 0 spiro atoms. The molecular weight excluding hydrogens is 528 g/mol. The van der Waals surface area contributed by atoms with Crippen LogP contribution in [0.3, 0.4) is 0 Å². The lowest BCUT2D eigenvalue weighted by Crippen LogP contribution is -2.50. The van der Waals surface area contributed by atoms with Crippen LogP contribution in [0.25, 0.3) is 0 Å². The van der Waals surface area contributed by atoms with Gasteiger partial charge in [-0.05, 0) is 48.6 Å². The van der Waals surface area contributed by atoms with E-state index in [1.807, 2.05) is 81.4 Å². The van der Waals surface area contributed by atoms with Gasteiger partial charge in [0.25, 0.3) is 0 Å². The molecule has 0 aliphatic rings. The highest BCUT2D eigenvalue weighted by Crippen LogP contribution is 2.23. The van der Waals surface area contributed by atoms with Gasteiger partial charge in [-0.3, -0.25) is 14.4 Å². The minimum absolute atomic E-state index is 0.0180. The number of carbonyl (C=O) groups excluding carboxylic acids is 3. The average molecular weight is 577 g/mol. The third-order valence-corrected chi connectivity index (χ3v) is 7.30. The zero-order chi connectivity index (χ0) is 31.0. The van der Waals surface area contributed by atoms with Crippen LogP contribution in [0.2, 0.25) is 0 Å². The number of aliphatic hydroxyl groups excluding tert-OH is 1. The molecule has 0 aliphatic heterocycles. The Labute approximate surface area is 251 Å². The molecule has 2 aromatic rings. The Morgan fingerprint density at radius 3 is 2.00 bits per heavy atom. The third-order valence-electron chi connectivity index (χ3n) is 7.30. The molecule has 0 heterocycles. The summed E-state index contributed by atoms with van der Waals surface area (Å²) in [5, 5.41) is 15.7. The van der Waals surface area contributed by atoms with E-state index in [2.05, 4.69) is 23.8 Å². The van der Waals surface area contributed by atoms with Crippen LogP contribution in [0, 0.1) is 17.3 Å². The van der Waals surface area contributed by atoms with Crippen LogP contribution in [0.4, 0.5) is 0 Å². The van der Waals surface area contributed by atoms with Crippen molar-refractivity contribution in [2.24, 2.45) is 17.3 Å². The van der Waals surface area contributed by atoms with Crippen LogP contribution < -0.4 is 10.6 Å². The highest BCUT2D eigenvalue weighted by molar-refractivity contribution is 5.86. The number of aliphatic hydroxyl groups is 1. The quantitative estimate of drug-likeness (QED) is 0.167. The summed E-state index contributed by atoms with van der Waals surface area (Å²) in [6, 6.07) is 18.5. The standard InChI is InChI=1S/C35H48N2O5/c1-6-8-20-29(21-26-16-11-9-12-17-26)34(41)42-25-31(35(3,4)5)37-33(40)28(15-7-2)23-32(39)36-30(24-38)22-27-18-13-10-14-19-27/h6-7,9-14,16-19,28-31,38H,1-2,8,15,20-25H2,3-5H3,(H,36,39)(H,37,40)/t28-,29-,30+,31-/m1/s1. The van der Waals surface area contributed by atoms with Gasteiger partial charge < -0.3 is 20.5 Å². The van der Waals surface area contributed by atoms with Crippen molar-refractivity contribution in [1.82, 2.24) is 10.6 Å². The van der Waals surface area contributed by atoms with Crippen LogP contribution in [0.5, 0.6) is 0 Å². The number of amides is 2. The van der Waals surface area contributed by atoms with Gasteiger partial charge in [-0.15, -0.1) is 13.2 Å². The number of hydrogen-bond acceptors (Lipinski definition) is 5. The zero-order valence-corrected chi connectivity index (χ0v) is 25.4. The summed E-state index contributed by atoms with van der Waals surface area (Å²) in [6.07, 6.45) is 6.03. The minimum Gasteiger partial charge on any atom is -0.463 e. The fourth-order valence-electron chi connectivity index (χ4n) is 4.66. The summed E-state index contributed by atoms with van der Waals surface area (Å²) in [7, 11) is 0. The summed E-state index contributed by atoms with van der Waals surface area (Å²) in [5.41, 5.74) is 1.64. The van der Waals surface area contributed by atoms with Crippen molar-refractivity contribution >= 4 is 17.8 Å². The van der Waals surface area contributed by atoms with Gasteiger partial charge >= 0.3 is 5.97 Å². The molecule has 0 bridgehead atoms. The van der Waals surface area contributed by atoms with Gasteiger partial charge in [-0.2, -0.15) is 0 Å². The summed E-state index contributed by atoms with van der Waals surface area (Å²) in [5.74, 6) is -1.92. The number of nitrogens with one attached hydrogen (secondary N) is 2. The Balaban J connectivity index is 2.02. The molecule has 42 heavy (non-hydrogen) atoms. The maximum Gasteiger partial charge on any atom is 0.309 e. The van der Waals surface area contributed by atoms with Crippen molar-refractivity contribution in [1.29, 1.82) is 0 Å². The molecule has 0 aromatic heterocycles. The van der Waals surface area contributed by atoms with E-state index in [-0.39, 0.29) is 43.3 Å². The average Bonchev–Trinajstić information content (AvgIpc) is 2.97. The lowest BCUT2D eigenvalue weighted by molar-refractivity contribution is -0.151. The van der Waals surface area contributed by atoms with Crippen molar-refractivity contribution in [3.63, 3.8) is 0 Å². The fraction of sp³-hybridized carbons (Fsp3) is 0.457. The predicted octanol–water partition coefficient (Wildman–Crippen LogP) is 5.19. The van der Waals surface area contributed by atoms with E-state index in [0.29, 0.717) is 32.1 Å². The Bertz CT molecular complexity index is 1130. The maximum absolute atomic E-state index is 13.4. The molecule has 0 saturated heterocycles. The second kappa shape index (κ2) is 18.0. The first-order valence-corrected chi connectivity index (χ1v) is 14.7. The maximum atomic E-state index is 13.4. The fourth-order valence-corrected chi connectivity index (χ4v) is 4.66. The van der Waals surface area contributed by atoms with Gasteiger partial charge in [0.05, 0.1) is 30.5 Å². The topological polar surface area (TPSA) is 105 Å². The molecule has 0 aliphatic carbocycles. The molecule has 0 unspecified atom stereocenters. The molecule has 2 aromatic carbocycles. The number of hydrogen-bond donors (Lipinski definition) is 3. The lowest BCUT2D eigenvalue weighted by atomic mass is 9.86. The monoisotopic (exact) mass is 576 g/mol. The highest BCUT2D eigenvalue weighted by Gasteiger charge is 2.32. The van der Waals surface area contributed by atoms with Gasteiger partial charge in [0.15, 0.2) is 0 Å². The van der Waals surface area contributed by atoms with Crippen molar-refractivity contribution in [3.8, 4) is 0 Å². The number of ether oxygens (including phenoxy) is 1. The Hall–Kier alpha value is -3.71. The normalized spacial score (nSPS) is 14.1. The Kier molecular flexibility index (Phi) is 14.7. The van der Waals surface area contributed by atoms with Gasteiger partial charge in [0.2, 0.25) is 11.8 Å². The van der Waals surface area contributed by atoms with Gasteiger partial charge in [-0.1, -0.05) is 93.6 Å².